The van der Waals surface area contributed by atoms with E-state index in [1.165, 1.54) is 11.4 Å². The van der Waals surface area contributed by atoms with E-state index in [9.17, 15) is 9.59 Å². The van der Waals surface area contributed by atoms with Crippen molar-refractivity contribution in [1.29, 1.82) is 0 Å². The average molecular weight is 510 g/mol. The maximum absolute atomic E-state index is 13.0. The molecule has 0 atom stereocenters. The molecule has 3 aromatic carbocycles. The summed E-state index contributed by atoms with van der Waals surface area (Å²) < 4.78 is 11.6. The van der Waals surface area contributed by atoms with Crippen molar-refractivity contribution in [1.82, 2.24) is 4.90 Å². The Kier molecular flexibility index (Phi) is 7.54. The highest BCUT2D eigenvalue weighted by Crippen LogP contribution is 2.31. The van der Waals surface area contributed by atoms with Crippen LogP contribution in [0.2, 0.25) is 0 Å². The lowest BCUT2D eigenvalue weighted by Crippen LogP contribution is -2.35. The summed E-state index contributed by atoms with van der Waals surface area (Å²) in [5.74, 6) is 1.08. The molecule has 38 heavy (non-hydrogen) atoms. The van der Waals surface area contributed by atoms with Crippen LogP contribution in [0.4, 0.5) is 5.69 Å². The van der Waals surface area contributed by atoms with Gasteiger partial charge in [-0.05, 0) is 79.8 Å². The molecule has 2 amide bonds. The van der Waals surface area contributed by atoms with E-state index < -0.39 is 0 Å². The first kappa shape index (κ1) is 25.3. The number of benzene rings is 3. The van der Waals surface area contributed by atoms with Crippen LogP contribution in [0.5, 0.6) is 11.5 Å². The Hall–Kier alpha value is -4.39. The highest BCUT2D eigenvalue weighted by Gasteiger charge is 2.28. The summed E-state index contributed by atoms with van der Waals surface area (Å²) in [5, 5.41) is 5.85. The van der Waals surface area contributed by atoms with Crippen LogP contribution in [0.15, 0.2) is 83.5 Å². The highest BCUT2D eigenvalue weighted by atomic mass is 16.5. The molecule has 0 spiro atoms. The minimum Gasteiger partial charge on any atom is -0.493 e. The van der Waals surface area contributed by atoms with Gasteiger partial charge in [0.1, 0.15) is 6.61 Å². The Morgan fingerprint density at radius 3 is 2.39 bits per heavy atom. The molecule has 0 aromatic heterocycles. The molecule has 0 bridgehead atoms. The Balaban J connectivity index is 1.25. The number of rotatable bonds is 7. The number of hydrazone groups is 1. The van der Waals surface area contributed by atoms with Crippen molar-refractivity contribution in [3.05, 3.63) is 95.1 Å². The fraction of sp³-hybridized carbons (Fsp3) is 0.258. The van der Waals surface area contributed by atoms with Gasteiger partial charge in [0.05, 0.1) is 24.1 Å². The second-order valence-electron chi connectivity index (χ2n) is 9.44. The van der Waals surface area contributed by atoms with Gasteiger partial charge in [0.25, 0.3) is 11.8 Å². The van der Waals surface area contributed by atoms with E-state index in [0.29, 0.717) is 35.0 Å². The molecular formula is C31H31N3O4. The summed E-state index contributed by atoms with van der Waals surface area (Å²) in [6, 6.07) is 22.5. The predicted molar refractivity (Wildman–Crippen MR) is 149 cm³/mol. The predicted octanol–water partition coefficient (Wildman–Crippen LogP) is 5.71. The largest absolute Gasteiger partial charge is 0.493 e. The van der Waals surface area contributed by atoms with Gasteiger partial charge in [-0.25, -0.2) is 0 Å². The van der Waals surface area contributed by atoms with Crippen LogP contribution < -0.4 is 14.5 Å². The minimum absolute atomic E-state index is 0.0939. The van der Waals surface area contributed by atoms with Gasteiger partial charge in [0.2, 0.25) is 0 Å². The number of ether oxygens (including phenoxy) is 2. The second-order valence-corrected chi connectivity index (χ2v) is 9.44. The van der Waals surface area contributed by atoms with Crippen molar-refractivity contribution < 1.29 is 19.1 Å². The normalized spacial score (nSPS) is 16.5. The molecule has 0 unspecified atom stereocenters. The Morgan fingerprint density at radius 2 is 1.68 bits per heavy atom. The van der Waals surface area contributed by atoms with E-state index in [2.05, 4.69) is 5.10 Å². The Morgan fingerprint density at radius 1 is 0.947 bits per heavy atom. The van der Waals surface area contributed by atoms with Crippen LogP contribution >= 0.6 is 0 Å². The number of carbonyl (C=O) groups is 2. The smallest absolute Gasteiger partial charge is 0.280 e. The molecule has 0 saturated carbocycles. The highest BCUT2D eigenvalue weighted by molar-refractivity contribution is 6.32. The lowest BCUT2D eigenvalue weighted by molar-refractivity contribution is -0.114. The summed E-state index contributed by atoms with van der Waals surface area (Å²) in [5.41, 5.74) is 4.38. The van der Waals surface area contributed by atoms with Crippen LogP contribution in [0.25, 0.3) is 6.08 Å². The van der Waals surface area contributed by atoms with Crippen LogP contribution in [-0.2, 0) is 11.4 Å². The third-order valence-electron chi connectivity index (χ3n) is 6.80. The molecule has 7 heteroatoms. The summed E-state index contributed by atoms with van der Waals surface area (Å²) in [6.07, 6.45) is 5.16. The molecular weight excluding hydrogens is 478 g/mol. The fourth-order valence-corrected chi connectivity index (χ4v) is 4.67. The van der Waals surface area contributed by atoms with E-state index in [1.807, 2.05) is 90.7 Å². The second kappa shape index (κ2) is 11.3. The van der Waals surface area contributed by atoms with E-state index in [0.717, 1.165) is 42.7 Å². The first-order chi connectivity index (χ1) is 18.5. The number of hydrogen-bond acceptors (Lipinski definition) is 5. The minimum atomic E-state index is -0.171. The zero-order valence-electron chi connectivity index (χ0n) is 21.7. The number of para-hydroxylation sites is 1. The van der Waals surface area contributed by atoms with Crippen molar-refractivity contribution in [2.45, 2.75) is 32.8 Å². The summed E-state index contributed by atoms with van der Waals surface area (Å²) in [6.45, 7) is 3.84. The van der Waals surface area contributed by atoms with Gasteiger partial charge in [0.15, 0.2) is 11.5 Å². The third kappa shape index (κ3) is 5.47. The molecule has 1 fully saturated rings. The van der Waals surface area contributed by atoms with E-state index >= 15 is 0 Å². The zero-order valence-corrected chi connectivity index (χ0v) is 21.7. The summed E-state index contributed by atoms with van der Waals surface area (Å²) in [7, 11) is 1.59. The molecule has 3 aromatic rings. The number of hydrogen-bond donors (Lipinski definition) is 0. The average Bonchev–Trinajstić information content (AvgIpc) is 3.25. The SMILES string of the molecule is COc1cc(/C=C2/C(=O)N(c3ccccc3)N=C2C)ccc1OCc1ccc(C(=O)N2CCCCC2)cc1. The zero-order chi connectivity index (χ0) is 26.5. The van der Waals surface area contributed by atoms with Crippen LogP contribution in [0, 0.1) is 0 Å². The van der Waals surface area contributed by atoms with Crippen molar-refractivity contribution in [2.24, 2.45) is 5.10 Å². The molecule has 0 aliphatic carbocycles. The lowest BCUT2D eigenvalue weighted by Gasteiger charge is -2.26. The molecule has 5 rings (SSSR count). The van der Waals surface area contributed by atoms with Gasteiger partial charge in [0, 0.05) is 18.7 Å². The van der Waals surface area contributed by atoms with Gasteiger partial charge in [-0.2, -0.15) is 10.1 Å². The lowest BCUT2D eigenvalue weighted by atomic mass is 10.1. The Bertz CT molecular complexity index is 1370. The number of methoxy groups -OCH3 is 1. The molecule has 0 radical (unpaired) electrons. The number of carbonyl (C=O) groups excluding carboxylic acids is 2. The van der Waals surface area contributed by atoms with Crippen LogP contribution in [0.1, 0.15) is 47.7 Å². The van der Waals surface area contributed by atoms with Gasteiger partial charge in [-0.3, -0.25) is 9.59 Å². The van der Waals surface area contributed by atoms with Crippen molar-refractivity contribution in [3.63, 3.8) is 0 Å². The molecule has 2 heterocycles. The maximum atomic E-state index is 13.0. The van der Waals surface area contributed by atoms with Gasteiger partial charge in [-0.15, -0.1) is 0 Å². The number of likely N-dealkylation sites (tertiary alicyclic amines) is 1. The van der Waals surface area contributed by atoms with Gasteiger partial charge in [-0.1, -0.05) is 36.4 Å². The maximum Gasteiger partial charge on any atom is 0.280 e. The summed E-state index contributed by atoms with van der Waals surface area (Å²) in [4.78, 5) is 27.7. The fourth-order valence-electron chi connectivity index (χ4n) is 4.67. The molecule has 1 saturated heterocycles. The Labute approximate surface area is 223 Å². The third-order valence-corrected chi connectivity index (χ3v) is 6.80. The van der Waals surface area contributed by atoms with Crippen LogP contribution in [0.3, 0.4) is 0 Å². The molecule has 2 aliphatic heterocycles. The summed E-state index contributed by atoms with van der Waals surface area (Å²) >= 11 is 0. The van der Waals surface area contributed by atoms with E-state index in [-0.39, 0.29) is 11.8 Å². The number of nitrogens with zero attached hydrogens (tertiary/aromatic N) is 3. The monoisotopic (exact) mass is 509 g/mol. The van der Waals surface area contributed by atoms with Crippen molar-refractivity contribution in [3.8, 4) is 11.5 Å². The molecule has 0 N–H and O–H groups in total. The van der Waals surface area contributed by atoms with Gasteiger partial charge >= 0.3 is 0 Å². The van der Waals surface area contributed by atoms with E-state index in [4.69, 9.17) is 9.47 Å². The topological polar surface area (TPSA) is 71.4 Å². The number of piperidine rings is 1. The standard InChI is InChI=1S/C31H31N3O4/c1-22-27(31(36)34(32-22)26-9-5-3-6-10-26)19-24-13-16-28(29(20-24)37-2)38-21-23-11-14-25(15-12-23)30(35)33-17-7-4-8-18-33/h3,5-6,9-16,19-20H,4,7-8,17-18,21H2,1-2H3/b27-19+. The van der Waals surface area contributed by atoms with Crippen LogP contribution in [-0.4, -0.2) is 42.6 Å². The quantitative estimate of drug-likeness (QED) is 0.383. The number of anilines is 1. The van der Waals surface area contributed by atoms with Crippen molar-refractivity contribution in [2.75, 3.05) is 25.2 Å². The van der Waals surface area contributed by atoms with Crippen molar-refractivity contribution >= 4 is 29.3 Å². The molecule has 7 nitrogen and oxygen atoms in total. The molecule has 2 aliphatic rings. The molecule has 194 valence electrons. The van der Waals surface area contributed by atoms with E-state index in [1.54, 1.807) is 7.11 Å². The van der Waals surface area contributed by atoms with Gasteiger partial charge < -0.3 is 14.4 Å². The number of amides is 2. The first-order valence-electron chi connectivity index (χ1n) is 12.9. The first-order valence-corrected chi connectivity index (χ1v) is 12.9.